The average Bonchev–Trinajstić information content (AvgIpc) is 1.64. The summed E-state index contributed by atoms with van der Waals surface area (Å²) >= 11 is 3.01. The molecule has 0 radical (unpaired) electrons. The lowest BCUT2D eigenvalue weighted by Crippen LogP contribution is -2.02. The Balaban J connectivity index is 0.000000116. The highest BCUT2D eigenvalue weighted by molar-refractivity contribution is 7.98. The van der Waals surface area contributed by atoms with Gasteiger partial charge < -0.3 is 31.9 Å². The van der Waals surface area contributed by atoms with Crippen LogP contribution in [0.25, 0.3) is 34.7 Å². The number of anilines is 12. The van der Waals surface area contributed by atoms with Gasteiger partial charge in [0.05, 0.1) is 0 Å². The lowest BCUT2D eigenvalue weighted by Gasteiger charge is -2.09. The van der Waals surface area contributed by atoms with E-state index in [1.165, 1.54) is 102 Å². The van der Waals surface area contributed by atoms with E-state index in [0.717, 1.165) is 168 Å². The van der Waals surface area contributed by atoms with Gasteiger partial charge in [-0.25, -0.2) is 29.9 Å². The van der Waals surface area contributed by atoms with Crippen LogP contribution in [0.1, 0.15) is 144 Å². The van der Waals surface area contributed by atoms with Crippen molar-refractivity contribution in [1.29, 1.82) is 0 Å². The summed E-state index contributed by atoms with van der Waals surface area (Å²) in [6.07, 6.45) is 16.0. The number of aryl methyl sites for hydroxylation is 12. The molecule has 0 aliphatic heterocycles. The van der Waals surface area contributed by atoms with Crippen molar-refractivity contribution in [1.82, 2.24) is 117 Å². The first-order valence-electron chi connectivity index (χ1n) is 41.6. The summed E-state index contributed by atoms with van der Waals surface area (Å²) in [5.41, 5.74) is 19.4. The van der Waals surface area contributed by atoms with Gasteiger partial charge in [0.15, 0.2) is 17.5 Å². The Bertz CT molecular complexity index is 6270. The fraction of sp³-hybridized carbons (Fsp3) is 0.290. The van der Waals surface area contributed by atoms with Crippen LogP contribution in [0.4, 0.5) is 69.0 Å². The van der Waals surface area contributed by atoms with Crippen molar-refractivity contribution in [2.24, 2.45) is 11.8 Å². The molecule has 21 rings (SSSR count). The average molecular weight is 1710 g/mol. The molecule has 0 amide bonds. The number of fused-ring (bicyclic) bond motifs is 6. The maximum Gasteiger partial charge on any atom is 0.255 e. The van der Waals surface area contributed by atoms with Crippen LogP contribution in [0.15, 0.2) is 199 Å². The minimum atomic E-state index is 0. The zero-order valence-corrected chi connectivity index (χ0v) is 73.7. The molecule has 3 aliphatic carbocycles. The largest absolute Gasteiger partial charge is 0.340 e. The molecule has 3 fully saturated rings. The monoisotopic (exact) mass is 1700 g/mol. The molecular formula is C93H104N30S2. The Hall–Kier alpha value is -13.9. The topological polar surface area (TPSA) is 331 Å². The third-order valence-electron chi connectivity index (χ3n) is 20.5. The van der Waals surface area contributed by atoms with Crippen molar-refractivity contribution in [3.63, 3.8) is 0 Å². The maximum absolute atomic E-state index is 4.63. The van der Waals surface area contributed by atoms with Gasteiger partial charge in [-0.1, -0.05) is 138 Å². The summed E-state index contributed by atoms with van der Waals surface area (Å²) in [7, 11) is 0. The van der Waals surface area contributed by atoms with E-state index in [-0.39, 0.29) is 7.43 Å². The molecule has 0 spiro atoms. The molecule has 0 atom stereocenters. The van der Waals surface area contributed by atoms with Crippen molar-refractivity contribution in [3.05, 3.63) is 273 Å². The molecule has 125 heavy (non-hydrogen) atoms. The number of aromatic nitrogens is 24. The Labute approximate surface area is 734 Å². The van der Waals surface area contributed by atoms with Crippen molar-refractivity contribution in [2.75, 3.05) is 44.4 Å². The molecule has 6 N–H and O–H groups in total. The van der Waals surface area contributed by atoms with Crippen LogP contribution in [0, 0.1) is 88.0 Å². The first kappa shape index (κ1) is 86.1. The van der Waals surface area contributed by atoms with Crippen LogP contribution in [0.3, 0.4) is 0 Å². The number of rotatable bonds is 20. The minimum Gasteiger partial charge on any atom is -0.340 e. The number of nitrogens with one attached hydrogen (secondary N) is 6. The van der Waals surface area contributed by atoms with Crippen LogP contribution >= 0.6 is 23.5 Å². The number of benzene rings is 6. The number of nitrogens with zero attached hydrogens (tertiary/aromatic N) is 24. The minimum absolute atomic E-state index is 0. The van der Waals surface area contributed by atoms with Gasteiger partial charge in [-0.05, 0) is 223 Å². The maximum atomic E-state index is 4.63. The van der Waals surface area contributed by atoms with Gasteiger partial charge in [-0.15, -0.1) is 25.5 Å². The quantitative estimate of drug-likeness (QED) is 0.0386. The molecule has 3 saturated carbocycles. The second kappa shape index (κ2) is 38.7. The summed E-state index contributed by atoms with van der Waals surface area (Å²) < 4.78 is 10.6. The van der Waals surface area contributed by atoms with Gasteiger partial charge >= 0.3 is 0 Å². The third kappa shape index (κ3) is 22.5. The number of thioether (sulfide) groups is 2. The standard InChI is InChI=1S/2C17H19N5.C15H15N5.C15H17N5.2C14H15N5S.CH4/c2*1-11-3-7-14(8-4-11)19-16-9-12(2)18-17-20-15(21-22(16)17)10-13-5-6-13;1-10-8-14(20-15(18-10)16-9-17-20)19-13-6-4-12(5-7-13)11-2-3-11;1-4-13-18-15-16-11(3)9-14(20(15)19-13)17-12-7-5-10(2)6-8-12;2*1-9-4-6-11(7-5-9)16-12-8-10(2)15-13-17-14(20-3)18-19(12)13;/h2*3-4,7-9,13,19H,5-6,10H2,1-2H3;4-9,11,19H,2-3H2,1H3;5-9,17H,4H2,1-3H3;2*4-8,16H,1-3H3;1H4. The fourth-order valence-corrected chi connectivity index (χ4v) is 14.1. The van der Waals surface area contributed by atoms with Crippen LogP contribution in [-0.2, 0) is 19.3 Å². The summed E-state index contributed by atoms with van der Waals surface area (Å²) in [5.74, 6) is 14.0. The lowest BCUT2D eigenvalue weighted by molar-refractivity contribution is 0.764. The Morgan fingerprint density at radius 2 is 0.552 bits per heavy atom. The van der Waals surface area contributed by atoms with E-state index in [0.29, 0.717) is 34.7 Å². The van der Waals surface area contributed by atoms with E-state index in [2.05, 4.69) is 278 Å². The first-order valence-corrected chi connectivity index (χ1v) is 44.0. The summed E-state index contributed by atoms with van der Waals surface area (Å²) in [4.78, 5) is 52.9. The normalized spacial score (nSPS) is 12.7. The van der Waals surface area contributed by atoms with Gasteiger partial charge in [-0.2, -0.15) is 62.1 Å². The Morgan fingerprint density at radius 3 is 0.832 bits per heavy atom. The van der Waals surface area contributed by atoms with Gasteiger partial charge in [0.25, 0.3) is 34.7 Å². The van der Waals surface area contributed by atoms with Crippen molar-refractivity contribution in [2.45, 2.75) is 165 Å². The predicted molar refractivity (Wildman–Crippen MR) is 500 cm³/mol. The smallest absolute Gasteiger partial charge is 0.255 e. The van der Waals surface area contributed by atoms with Crippen molar-refractivity contribution in [3.8, 4) is 0 Å². The van der Waals surface area contributed by atoms with Gasteiger partial charge in [-0.3, -0.25) is 0 Å². The summed E-state index contributed by atoms with van der Waals surface area (Å²) in [5, 5.41) is 48.5. The molecule has 12 aromatic heterocycles. The molecule has 32 heteroatoms. The van der Waals surface area contributed by atoms with Gasteiger partial charge in [0.1, 0.15) is 41.2 Å². The van der Waals surface area contributed by atoms with Crippen molar-refractivity contribution >= 4 is 127 Å². The van der Waals surface area contributed by atoms with Crippen LogP contribution in [0.5, 0.6) is 0 Å². The third-order valence-corrected chi connectivity index (χ3v) is 21.6. The molecule has 638 valence electrons. The Kier molecular flexibility index (Phi) is 26.6. The SMILES string of the molecule is C.CCc1nc2nc(C)cc(Nc3ccc(C)cc3)n2n1.CSc1nc2nc(C)cc(Nc3ccc(C)cc3)n2n1.CSc1nc2nc(C)cc(Nc3ccc(C)cc3)n2n1.Cc1cc(Nc2ccc(C3CC3)cc2)n2ncnc2n1.Cc1ccc(Nc2cc(C)nc3nc(CC4CC4)nn23)cc1.Cc1ccc(Nc2cc(C)nc3nc(CC4CC4)nn23)cc1. The zero-order valence-electron chi connectivity index (χ0n) is 72.0. The summed E-state index contributed by atoms with van der Waals surface area (Å²) in [6.45, 7) is 24.2. The highest BCUT2D eigenvalue weighted by Gasteiger charge is 2.27. The number of hydrogen-bond acceptors (Lipinski definition) is 26. The highest BCUT2D eigenvalue weighted by atomic mass is 32.2. The van der Waals surface area contributed by atoms with E-state index in [1.54, 1.807) is 18.1 Å². The highest BCUT2D eigenvalue weighted by Crippen LogP contribution is 2.41. The predicted octanol–water partition coefficient (Wildman–Crippen LogP) is 20.0. The van der Waals surface area contributed by atoms with E-state index in [1.807, 2.05) is 131 Å². The van der Waals surface area contributed by atoms with Crippen molar-refractivity contribution < 1.29 is 0 Å². The molecule has 18 aromatic rings. The van der Waals surface area contributed by atoms with Gasteiger partial charge in [0, 0.05) is 124 Å². The molecule has 0 bridgehead atoms. The second-order valence-corrected chi connectivity index (χ2v) is 33.2. The van der Waals surface area contributed by atoms with E-state index < -0.39 is 0 Å². The molecule has 30 nitrogen and oxygen atoms in total. The van der Waals surface area contributed by atoms with E-state index in [4.69, 9.17) is 0 Å². The molecule has 3 aliphatic rings. The molecule has 6 aromatic carbocycles. The molecule has 0 saturated heterocycles. The van der Waals surface area contributed by atoms with E-state index in [9.17, 15) is 0 Å². The van der Waals surface area contributed by atoms with Crippen LogP contribution < -0.4 is 31.9 Å². The number of hydrogen-bond donors (Lipinski definition) is 6. The zero-order chi connectivity index (χ0) is 86.1. The molecule has 12 heterocycles. The van der Waals surface area contributed by atoms with Gasteiger partial charge in [0.2, 0.25) is 10.3 Å². The summed E-state index contributed by atoms with van der Waals surface area (Å²) in [6, 6.07) is 61.9. The van der Waals surface area contributed by atoms with Crippen LogP contribution in [0.2, 0.25) is 0 Å². The second-order valence-electron chi connectivity index (χ2n) is 31.6. The first-order chi connectivity index (χ1) is 60.1. The Morgan fingerprint density at radius 1 is 0.296 bits per heavy atom. The fourth-order valence-electron chi connectivity index (χ4n) is 13.5. The molecular weight excluding hydrogens is 1600 g/mol. The lowest BCUT2D eigenvalue weighted by atomic mass is 10.1. The molecule has 0 unspecified atom stereocenters. The van der Waals surface area contributed by atoms with Crippen LogP contribution in [-0.4, -0.2) is 130 Å². The van der Waals surface area contributed by atoms with E-state index >= 15 is 0 Å².